The summed E-state index contributed by atoms with van der Waals surface area (Å²) in [5.74, 6) is 0.899. The van der Waals surface area contributed by atoms with E-state index in [1.165, 1.54) is 11.1 Å². The Bertz CT molecular complexity index is 663. The van der Waals surface area contributed by atoms with Crippen LogP contribution in [0.5, 0.6) is 0 Å². The van der Waals surface area contributed by atoms with E-state index < -0.39 is 5.60 Å². The van der Waals surface area contributed by atoms with Crippen molar-refractivity contribution in [3.8, 4) is 0 Å². The van der Waals surface area contributed by atoms with Crippen LogP contribution in [0, 0.1) is 0 Å². The van der Waals surface area contributed by atoms with Gasteiger partial charge in [0.25, 0.3) is 0 Å². The van der Waals surface area contributed by atoms with Gasteiger partial charge in [-0.15, -0.1) is 0 Å². The van der Waals surface area contributed by atoms with Crippen LogP contribution in [0.25, 0.3) is 5.57 Å². The Morgan fingerprint density at radius 2 is 1.89 bits per heavy atom. The lowest BCUT2D eigenvalue weighted by Gasteiger charge is -2.29. The third-order valence-electron chi connectivity index (χ3n) is 4.17. The number of hydrogen-bond donors (Lipinski definition) is 2. The van der Waals surface area contributed by atoms with Gasteiger partial charge in [0.15, 0.2) is 5.96 Å². The SMILES string of the molecule is CN=C(NCCCNC(=O)OC(C)(C)C)N1CC=C(c2ccccc2)CC1. The second kappa shape index (κ2) is 10.00. The lowest BCUT2D eigenvalue weighted by molar-refractivity contribution is 0.0527. The van der Waals surface area contributed by atoms with Gasteiger partial charge >= 0.3 is 6.09 Å². The molecule has 0 atom stereocenters. The molecule has 27 heavy (non-hydrogen) atoms. The Kier molecular flexibility index (Phi) is 7.70. The second-order valence-corrected chi connectivity index (χ2v) is 7.55. The molecule has 1 aromatic rings. The second-order valence-electron chi connectivity index (χ2n) is 7.55. The summed E-state index contributed by atoms with van der Waals surface area (Å²) in [5.41, 5.74) is 2.22. The van der Waals surface area contributed by atoms with Crippen LogP contribution in [0.1, 0.15) is 39.2 Å². The van der Waals surface area contributed by atoms with E-state index in [0.29, 0.717) is 6.54 Å². The van der Waals surface area contributed by atoms with Crippen LogP contribution in [0.3, 0.4) is 0 Å². The van der Waals surface area contributed by atoms with Gasteiger partial charge in [-0.05, 0) is 44.7 Å². The summed E-state index contributed by atoms with van der Waals surface area (Å²) >= 11 is 0. The number of ether oxygens (including phenoxy) is 1. The largest absolute Gasteiger partial charge is 0.444 e. The van der Waals surface area contributed by atoms with Gasteiger partial charge in [0.05, 0.1) is 0 Å². The number of aliphatic imine (C=N–C) groups is 1. The molecule has 0 fully saturated rings. The Hall–Kier alpha value is -2.50. The average molecular weight is 373 g/mol. The zero-order valence-electron chi connectivity index (χ0n) is 16.9. The lowest BCUT2D eigenvalue weighted by Crippen LogP contribution is -2.44. The van der Waals surface area contributed by atoms with E-state index >= 15 is 0 Å². The number of nitrogens with one attached hydrogen (secondary N) is 2. The molecule has 2 N–H and O–H groups in total. The normalized spacial score (nSPS) is 15.2. The molecular weight excluding hydrogens is 340 g/mol. The van der Waals surface area contributed by atoms with Gasteiger partial charge in [-0.3, -0.25) is 4.99 Å². The van der Waals surface area contributed by atoms with Crippen LogP contribution in [0.2, 0.25) is 0 Å². The highest BCUT2D eigenvalue weighted by atomic mass is 16.6. The first-order valence-electron chi connectivity index (χ1n) is 9.56. The minimum absolute atomic E-state index is 0.374. The number of guanidine groups is 1. The van der Waals surface area contributed by atoms with E-state index in [1.807, 2.05) is 26.8 Å². The highest BCUT2D eigenvalue weighted by Gasteiger charge is 2.17. The Balaban J connectivity index is 1.71. The first-order valence-corrected chi connectivity index (χ1v) is 9.56. The van der Waals surface area contributed by atoms with Crippen molar-refractivity contribution in [2.75, 3.05) is 33.2 Å². The molecule has 1 heterocycles. The first kappa shape index (κ1) is 20.8. The quantitative estimate of drug-likeness (QED) is 0.473. The van der Waals surface area contributed by atoms with Crippen molar-refractivity contribution in [1.29, 1.82) is 0 Å². The molecule has 2 rings (SSSR count). The summed E-state index contributed by atoms with van der Waals surface area (Å²) in [6.45, 7) is 8.67. The van der Waals surface area contributed by atoms with E-state index in [1.54, 1.807) is 7.05 Å². The molecule has 6 heteroatoms. The highest BCUT2D eigenvalue weighted by molar-refractivity contribution is 5.81. The fourth-order valence-corrected chi connectivity index (χ4v) is 2.90. The predicted octanol–water partition coefficient (Wildman–Crippen LogP) is 3.27. The van der Waals surface area contributed by atoms with E-state index in [2.05, 4.69) is 50.9 Å². The fraction of sp³-hybridized carbons (Fsp3) is 0.524. The van der Waals surface area contributed by atoms with Crippen molar-refractivity contribution < 1.29 is 9.53 Å². The summed E-state index contributed by atoms with van der Waals surface area (Å²) in [6, 6.07) is 10.5. The van der Waals surface area contributed by atoms with Crippen molar-refractivity contribution in [2.45, 2.75) is 39.2 Å². The molecular formula is C21H32N4O2. The van der Waals surface area contributed by atoms with Gasteiger partial charge in [-0.1, -0.05) is 36.4 Å². The number of rotatable bonds is 5. The molecule has 148 valence electrons. The van der Waals surface area contributed by atoms with Crippen molar-refractivity contribution in [1.82, 2.24) is 15.5 Å². The van der Waals surface area contributed by atoms with E-state index in [4.69, 9.17) is 4.74 Å². The first-order chi connectivity index (χ1) is 12.9. The summed E-state index contributed by atoms with van der Waals surface area (Å²) in [6.07, 6.45) is 3.71. The van der Waals surface area contributed by atoms with Gasteiger partial charge in [0, 0.05) is 33.2 Å². The Labute approximate surface area is 162 Å². The van der Waals surface area contributed by atoms with Crippen LogP contribution >= 0.6 is 0 Å². The monoisotopic (exact) mass is 372 g/mol. The van der Waals surface area contributed by atoms with Crippen LogP contribution in [0.4, 0.5) is 4.79 Å². The van der Waals surface area contributed by atoms with E-state index in [0.717, 1.165) is 38.4 Å². The smallest absolute Gasteiger partial charge is 0.407 e. The minimum Gasteiger partial charge on any atom is -0.444 e. The molecule has 0 radical (unpaired) electrons. The number of amides is 1. The van der Waals surface area contributed by atoms with Crippen LogP contribution in [-0.4, -0.2) is 55.8 Å². The maximum absolute atomic E-state index is 11.6. The number of nitrogens with zero attached hydrogens (tertiary/aromatic N) is 2. The molecule has 0 aliphatic carbocycles. The summed E-state index contributed by atoms with van der Waals surface area (Å²) < 4.78 is 5.22. The summed E-state index contributed by atoms with van der Waals surface area (Å²) in [4.78, 5) is 18.2. The van der Waals surface area contributed by atoms with Crippen molar-refractivity contribution in [3.05, 3.63) is 42.0 Å². The third kappa shape index (κ3) is 7.33. The molecule has 1 amide bonds. The molecule has 0 bridgehead atoms. The van der Waals surface area contributed by atoms with Crippen molar-refractivity contribution in [2.24, 2.45) is 4.99 Å². The number of carbonyl (C=O) groups is 1. The molecule has 0 aromatic heterocycles. The molecule has 0 unspecified atom stereocenters. The molecule has 6 nitrogen and oxygen atoms in total. The molecule has 1 aliphatic heterocycles. The Morgan fingerprint density at radius 1 is 1.19 bits per heavy atom. The number of benzene rings is 1. The van der Waals surface area contributed by atoms with Crippen LogP contribution in [0.15, 0.2) is 41.4 Å². The zero-order chi connectivity index (χ0) is 19.7. The molecule has 0 saturated carbocycles. The topological polar surface area (TPSA) is 66.0 Å². The number of carbonyl (C=O) groups excluding carboxylic acids is 1. The van der Waals surface area contributed by atoms with Gasteiger partial charge in [0.2, 0.25) is 0 Å². The molecule has 0 spiro atoms. The van der Waals surface area contributed by atoms with Gasteiger partial charge in [-0.25, -0.2) is 4.79 Å². The van der Waals surface area contributed by atoms with E-state index in [9.17, 15) is 4.79 Å². The van der Waals surface area contributed by atoms with Crippen molar-refractivity contribution >= 4 is 17.6 Å². The molecule has 1 aromatic carbocycles. The van der Waals surface area contributed by atoms with Gasteiger partial charge in [-0.2, -0.15) is 0 Å². The van der Waals surface area contributed by atoms with Crippen LogP contribution < -0.4 is 10.6 Å². The van der Waals surface area contributed by atoms with Gasteiger partial charge in [0.1, 0.15) is 5.60 Å². The third-order valence-corrected chi connectivity index (χ3v) is 4.17. The summed E-state index contributed by atoms with van der Waals surface area (Å²) in [5, 5.41) is 6.14. The standard InChI is InChI=1S/C21H32N4O2/c1-21(2,3)27-20(26)24-14-8-13-23-19(22-4)25-15-11-18(12-16-25)17-9-6-5-7-10-17/h5-7,9-11H,8,12-16H2,1-4H3,(H,22,23)(H,24,26). The fourth-order valence-electron chi connectivity index (χ4n) is 2.90. The number of alkyl carbamates (subject to hydrolysis) is 1. The zero-order valence-corrected chi connectivity index (χ0v) is 16.9. The maximum atomic E-state index is 11.6. The molecule has 1 aliphatic rings. The lowest BCUT2D eigenvalue weighted by atomic mass is 10.00. The maximum Gasteiger partial charge on any atom is 0.407 e. The molecule has 0 saturated heterocycles. The number of hydrogen-bond acceptors (Lipinski definition) is 3. The predicted molar refractivity (Wildman–Crippen MR) is 111 cm³/mol. The highest BCUT2D eigenvalue weighted by Crippen LogP contribution is 2.21. The Morgan fingerprint density at radius 3 is 2.48 bits per heavy atom. The van der Waals surface area contributed by atoms with Crippen molar-refractivity contribution in [3.63, 3.8) is 0 Å². The average Bonchev–Trinajstić information content (AvgIpc) is 2.64. The van der Waals surface area contributed by atoms with Crippen LogP contribution in [-0.2, 0) is 4.74 Å². The minimum atomic E-state index is -0.468. The summed E-state index contributed by atoms with van der Waals surface area (Å²) in [7, 11) is 1.80. The van der Waals surface area contributed by atoms with E-state index in [-0.39, 0.29) is 6.09 Å². The van der Waals surface area contributed by atoms with Gasteiger partial charge < -0.3 is 20.3 Å².